The zero-order chi connectivity index (χ0) is 54.5. The van der Waals surface area contributed by atoms with Crippen LogP contribution >= 0.6 is 0 Å². The van der Waals surface area contributed by atoms with Crippen molar-refractivity contribution >= 4 is 10.8 Å². The molecular weight excluding hydrogens is 1010 g/mol. The van der Waals surface area contributed by atoms with Crippen LogP contribution in [0.5, 0.6) is 0 Å². The van der Waals surface area contributed by atoms with E-state index < -0.39 is 127 Å². The highest BCUT2D eigenvalue weighted by Gasteiger charge is 2.46. The van der Waals surface area contributed by atoms with Gasteiger partial charge in [-0.25, -0.2) is 24.4 Å². The van der Waals surface area contributed by atoms with Crippen LogP contribution in [0.3, 0.4) is 0 Å². The third-order valence-electron chi connectivity index (χ3n) is 12.7. The molecule has 6 aromatic heterocycles. The molecule has 0 bridgehead atoms. The van der Waals surface area contributed by atoms with Gasteiger partial charge < -0.3 is 60.2 Å². The summed E-state index contributed by atoms with van der Waals surface area (Å²) in [5.74, 6) is 0.274. The third kappa shape index (κ3) is 11.2. The third-order valence-corrected chi connectivity index (χ3v) is 12.7. The summed E-state index contributed by atoms with van der Waals surface area (Å²) < 4.78 is 23.5. The van der Waals surface area contributed by atoms with Crippen molar-refractivity contribution in [3.8, 4) is 0 Å². The monoisotopic (exact) mass is 1060 g/mol. The molecule has 7 aromatic rings. The van der Waals surface area contributed by atoms with Crippen LogP contribution in [0.15, 0.2) is 133 Å². The first-order valence-electron chi connectivity index (χ1n) is 23.4. The van der Waals surface area contributed by atoms with Crippen LogP contribution in [0.25, 0.3) is 10.8 Å². The van der Waals surface area contributed by atoms with Crippen LogP contribution in [0.1, 0.15) is 35.9 Å². The fraction of sp³-hybridized carbons (Fsp3) is 0.404. The second-order valence-electron chi connectivity index (χ2n) is 17.6. The van der Waals surface area contributed by atoms with E-state index in [4.69, 9.17) is 24.4 Å². The summed E-state index contributed by atoms with van der Waals surface area (Å²) >= 11 is 0. The largest absolute Gasteiger partial charge is 0.394 e. The molecule has 0 amide bonds. The smallest absolute Gasteiger partial charge is 0.333 e. The molecule has 3 saturated heterocycles. The lowest BCUT2D eigenvalue weighted by Gasteiger charge is -2.18. The van der Waals surface area contributed by atoms with Gasteiger partial charge in [0.25, 0.3) is 16.7 Å². The zero-order valence-electron chi connectivity index (χ0n) is 40.1. The van der Waals surface area contributed by atoms with Crippen molar-refractivity contribution in [3.05, 3.63) is 184 Å². The van der Waals surface area contributed by atoms with Gasteiger partial charge in [0.15, 0.2) is 18.7 Å². The number of ether oxygens (including phenoxy) is 3. The number of benzene rings is 1. The van der Waals surface area contributed by atoms with Gasteiger partial charge in [0.1, 0.15) is 60.8 Å². The lowest BCUT2D eigenvalue weighted by molar-refractivity contribution is -0.0555. The van der Waals surface area contributed by atoms with Gasteiger partial charge in [-0.3, -0.25) is 51.5 Å². The van der Waals surface area contributed by atoms with Gasteiger partial charge in [0.05, 0.1) is 50.8 Å². The normalized spacial score (nSPS) is 26.0. The Hall–Kier alpha value is -7.52. The number of rotatable bonds is 12. The van der Waals surface area contributed by atoms with Crippen molar-refractivity contribution in [1.29, 1.82) is 0 Å². The predicted octanol–water partition coefficient (Wildman–Crippen LogP) is -5.92. The Labute approximate surface area is 426 Å². The highest BCUT2D eigenvalue weighted by Crippen LogP contribution is 2.30. The lowest BCUT2D eigenvalue weighted by Crippen LogP contribution is -2.43. The SMILES string of the molecule is Cn1ccc(Cn2c(=O)ccn([C@@H]3O[C@H](CO)C(O)[C@@H]3O)c2=O)n1.O=c1ccn([C@@H]2O[C@H](CO)C(O)[C@@H]2O)c(=O)n1Cc1nccc2ccccc12.O=c1ccn([C@@H]2O[C@H](CO)C(O)[C@@H]2O)c(=O)n1Cc1ncccn1. The number of aliphatic hydroxyl groups excluding tert-OH is 9. The van der Waals surface area contributed by atoms with E-state index in [9.17, 15) is 64.5 Å². The number of hydrogen-bond donors (Lipinski definition) is 9. The van der Waals surface area contributed by atoms with E-state index in [0.29, 0.717) is 11.4 Å². The number of aliphatic hydroxyl groups is 9. The number of fused-ring (bicyclic) bond motifs is 1. The van der Waals surface area contributed by atoms with Crippen molar-refractivity contribution < 1.29 is 60.2 Å². The molecular formula is C47H53N11O18. The summed E-state index contributed by atoms with van der Waals surface area (Å²) in [5.41, 5.74) is -2.69. The topological polar surface area (TPSA) is 398 Å². The van der Waals surface area contributed by atoms with Crippen LogP contribution in [0.4, 0.5) is 0 Å². The number of nitrogens with zero attached hydrogens (tertiary/aromatic N) is 11. The van der Waals surface area contributed by atoms with Gasteiger partial charge in [-0.05, 0) is 23.6 Å². The first kappa shape index (κ1) is 54.7. The Morgan fingerprint density at radius 1 is 0.474 bits per heavy atom. The van der Waals surface area contributed by atoms with Crippen LogP contribution in [0.2, 0.25) is 0 Å². The lowest BCUT2D eigenvalue weighted by atomic mass is 10.1. The van der Waals surface area contributed by atoms with E-state index in [1.165, 1.54) is 43.1 Å². The number of hydrogen-bond acceptors (Lipinski definition) is 22. The molecule has 0 aliphatic carbocycles. The van der Waals surface area contributed by atoms with Gasteiger partial charge in [0, 0.05) is 74.0 Å². The molecule has 9 heterocycles. The average molecular weight is 1060 g/mol. The summed E-state index contributed by atoms with van der Waals surface area (Å²) in [7, 11) is 1.72. The maximum Gasteiger partial charge on any atom is 0.333 e. The van der Waals surface area contributed by atoms with E-state index in [2.05, 4.69) is 20.1 Å². The van der Waals surface area contributed by atoms with E-state index >= 15 is 0 Å². The minimum absolute atomic E-state index is 0.0336. The molecule has 3 fully saturated rings. The molecule has 0 radical (unpaired) electrons. The van der Waals surface area contributed by atoms with Crippen molar-refractivity contribution in [3.63, 3.8) is 0 Å². The first-order chi connectivity index (χ1) is 36.4. The van der Waals surface area contributed by atoms with Crippen molar-refractivity contribution in [2.45, 2.75) is 93.3 Å². The molecule has 29 nitrogen and oxygen atoms in total. The minimum atomic E-state index is -1.42. The van der Waals surface area contributed by atoms with E-state index in [1.54, 1.807) is 36.3 Å². The first-order valence-corrected chi connectivity index (χ1v) is 23.4. The molecule has 10 rings (SSSR count). The van der Waals surface area contributed by atoms with Crippen molar-refractivity contribution in [2.75, 3.05) is 19.8 Å². The summed E-state index contributed by atoms with van der Waals surface area (Å²) in [5, 5.41) is 93.2. The molecule has 76 heavy (non-hydrogen) atoms. The molecule has 0 spiro atoms. The molecule has 3 aliphatic rings. The number of aryl methyl sites for hydroxylation is 1. The molecule has 9 N–H and O–H groups in total. The summed E-state index contributed by atoms with van der Waals surface area (Å²) in [6.07, 6.45) is -5.09. The number of aromatic nitrogens is 11. The fourth-order valence-corrected chi connectivity index (χ4v) is 8.66. The second-order valence-corrected chi connectivity index (χ2v) is 17.6. The maximum absolute atomic E-state index is 12.9. The molecule has 12 atom stereocenters. The predicted molar refractivity (Wildman–Crippen MR) is 258 cm³/mol. The Morgan fingerprint density at radius 3 is 1.33 bits per heavy atom. The molecule has 3 aliphatic heterocycles. The van der Waals surface area contributed by atoms with Crippen LogP contribution in [-0.2, 0) is 40.9 Å². The highest BCUT2D eigenvalue weighted by molar-refractivity contribution is 5.84. The van der Waals surface area contributed by atoms with E-state index in [1.807, 2.05) is 30.3 Å². The maximum atomic E-state index is 12.9. The van der Waals surface area contributed by atoms with Gasteiger partial charge in [-0.2, -0.15) is 5.10 Å². The zero-order valence-corrected chi connectivity index (χ0v) is 40.1. The fourth-order valence-electron chi connectivity index (χ4n) is 8.66. The molecule has 404 valence electrons. The van der Waals surface area contributed by atoms with E-state index in [-0.39, 0.29) is 25.5 Å². The Morgan fingerprint density at radius 2 is 0.908 bits per heavy atom. The Kier molecular flexibility index (Phi) is 17.0. The van der Waals surface area contributed by atoms with Gasteiger partial charge >= 0.3 is 17.1 Å². The van der Waals surface area contributed by atoms with E-state index in [0.717, 1.165) is 44.2 Å². The van der Waals surface area contributed by atoms with Gasteiger partial charge in [-0.15, -0.1) is 0 Å². The molecule has 0 saturated carbocycles. The minimum Gasteiger partial charge on any atom is -0.394 e. The molecule has 1 aromatic carbocycles. The van der Waals surface area contributed by atoms with Crippen molar-refractivity contribution in [1.82, 2.24) is 52.1 Å². The number of pyridine rings is 1. The second kappa shape index (κ2) is 23.6. The quantitative estimate of drug-likeness (QED) is 0.0550. The summed E-state index contributed by atoms with van der Waals surface area (Å²) in [4.78, 5) is 86.6. The van der Waals surface area contributed by atoms with Gasteiger partial charge in [0.2, 0.25) is 0 Å². The van der Waals surface area contributed by atoms with Crippen LogP contribution < -0.4 is 33.7 Å². The summed E-state index contributed by atoms with van der Waals surface area (Å²) in [6.45, 7) is -1.77. The average Bonchev–Trinajstić information content (AvgIpc) is 4.15. The van der Waals surface area contributed by atoms with Gasteiger partial charge in [-0.1, -0.05) is 24.3 Å². The molecule has 3 unspecified atom stereocenters. The van der Waals surface area contributed by atoms with Crippen molar-refractivity contribution in [2.24, 2.45) is 7.05 Å². The molecule has 29 heteroatoms. The van der Waals surface area contributed by atoms with Crippen LogP contribution in [-0.4, -0.2) is 173 Å². The summed E-state index contributed by atoms with van der Waals surface area (Å²) in [6, 6.07) is 16.1. The highest BCUT2D eigenvalue weighted by atomic mass is 16.6. The Bertz CT molecular complexity index is 3500. The standard InChI is InChI=1S/C19H19N3O6.C14H18N4O6.C14H16N4O6/c23-10-14-16(25)17(26)18(28-14)21-8-6-15(24)22(19(21)27)9-13-12-4-2-1-3-11(12)5-7-20-13;1-16-4-2-8(15-16)6-18-10(20)3-5-17(14(18)23)13-12(22)11(21)9(7-19)24-13;19-7-8-11(21)12(22)13(24-8)17-5-2-10(20)18(14(17)23)6-9-15-3-1-4-16-9/h1-8,14,16-18,23,25-26H,9-10H2;2-5,9,11-13,19,21-22H,6-7H2,1H3;1-5,8,11-13,19,21-22H,6-7H2/t14-,16?,17+,18-;9-,11?,12+,13-;8-,11?,12+,13-/m111/s1. The van der Waals surface area contributed by atoms with Crippen LogP contribution in [0, 0.1) is 0 Å². The Balaban J connectivity index is 0.000000152.